The van der Waals surface area contributed by atoms with Crippen LogP contribution in [-0.2, 0) is 41.0 Å². The molecule has 9 heteroatoms. The van der Waals surface area contributed by atoms with Crippen LogP contribution in [0.15, 0.2) is 133 Å². The Bertz CT molecular complexity index is 3920. The van der Waals surface area contributed by atoms with Crippen molar-refractivity contribution in [1.82, 2.24) is 23.8 Å². The number of aromatic nitrogens is 5. The maximum atomic E-state index is 9.51. The number of nitrogens with zero attached hydrogens (tertiary/aromatic N) is 6. The number of rotatable bonds is 7. The van der Waals surface area contributed by atoms with E-state index in [2.05, 4.69) is 201 Å². The van der Waals surface area contributed by atoms with Crippen molar-refractivity contribution in [2.45, 2.75) is 125 Å². The van der Waals surface area contributed by atoms with Crippen LogP contribution in [0.1, 0.15) is 123 Å². The third-order valence-corrected chi connectivity index (χ3v) is 15.2. The standard InChI is InChI=1S/C64H67BN6O.Pt/c1-41-42(2)67-71-59(41)52-29-28-51(39-57(52)70(65(71)15)58-37-45(30-31-66-58)61(3,4)5)72-50-25-21-24-49(38-50)68-40-69(56-27-20-19-26-55(56)68)60-53(43-22-17-16-18-23-43)35-48(64(12,13)14)36-54(60)44-32-46(62(6,7)8)34-47(33-44)63(9,10)11;/h16-37H,1-15H3;/q-2;/i16D,17D,18D,22D,23D;. The van der Waals surface area contributed by atoms with E-state index >= 15 is 0 Å². The molecule has 0 fully saturated rings. The molecule has 0 aliphatic carbocycles. The first kappa shape index (κ1) is 44.0. The van der Waals surface area contributed by atoms with Gasteiger partial charge in [0, 0.05) is 6.20 Å². The number of para-hydroxylation sites is 2. The number of anilines is 2. The fourth-order valence-electron chi connectivity index (χ4n) is 9.80. The fourth-order valence-corrected chi connectivity index (χ4v) is 10.9. The van der Waals surface area contributed by atoms with Crippen molar-refractivity contribution in [3.63, 3.8) is 0 Å². The summed E-state index contributed by atoms with van der Waals surface area (Å²) < 4.78 is 59.6. The molecule has 10 rings (SSSR count). The van der Waals surface area contributed by atoms with Gasteiger partial charge in [0.15, 0.2) is 0 Å². The van der Waals surface area contributed by atoms with E-state index in [9.17, 15) is 2.74 Å². The van der Waals surface area contributed by atoms with E-state index in [1.807, 2.05) is 55.6 Å². The molecule has 0 amide bonds. The second kappa shape index (κ2) is 18.2. The van der Waals surface area contributed by atoms with Crippen LogP contribution in [0.25, 0.3) is 55.9 Å². The van der Waals surface area contributed by atoms with Crippen LogP contribution in [-0.4, -0.2) is 30.8 Å². The van der Waals surface area contributed by atoms with Gasteiger partial charge in [-0.2, -0.15) is 5.10 Å². The molecule has 374 valence electrons. The Balaban J connectivity index is 1.20. The number of hydrogen-bond donors (Lipinski definition) is 0. The molecule has 0 saturated carbocycles. The van der Waals surface area contributed by atoms with Gasteiger partial charge in [-0.05, 0) is 30.9 Å². The number of ether oxygens (including phenoxy) is 1. The summed E-state index contributed by atoms with van der Waals surface area (Å²) in [4.78, 5) is 7.11. The minimum absolute atomic E-state index is 0.0959. The molecule has 9 aromatic rings. The molecule has 1 aliphatic rings. The summed E-state index contributed by atoms with van der Waals surface area (Å²) in [6, 6.07) is 39.0. The van der Waals surface area contributed by atoms with Gasteiger partial charge in [0.1, 0.15) is 0 Å². The van der Waals surface area contributed by atoms with Gasteiger partial charge in [0.05, 0.1) is 5.69 Å². The number of benzene rings is 6. The summed E-state index contributed by atoms with van der Waals surface area (Å²) in [6.07, 6.45) is 1.87. The van der Waals surface area contributed by atoms with Gasteiger partial charge in [0.25, 0.3) is 0 Å². The van der Waals surface area contributed by atoms with Gasteiger partial charge >= 0.3 is 385 Å². The third kappa shape index (κ3) is 9.19. The molecule has 3 aromatic heterocycles. The van der Waals surface area contributed by atoms with Crippen molar-refractivity contribution >= 4 is 29.5 Å². The van der Waals surface area contributed by atoms with Crippen LogP contribution >= 0.6 is 0 Å². The normalized spacial score (nSPS) is 14.1. The summed E-state index contributed by atoms with van der Waals surface area (Å²) in [5.74, 6) is 1.78. The van der Waals surface area contributed by atoms with Gasteiger partial charge in [-0.1, -0.05) is 20.8 Å². The Morgan fingerprint density at radius 3 is 1.82 bits per heavy atom. The predicted molar refractivity (Wildman–Crippen MR) is 300 cm³/mol. The molecular weight excluding hydrogens is 1070 g/mol. The zero-order valence-electron chi connectivity index (χ0n) is 49.8. The van der Waals surface area contributed by atoms with Gasteiger partial charge < -0.3 is 0 Å². The number of hydrogen-bond acceptors (Lipinski definition) is 4. The molecule has 0 N–H and O–H groups in total. The molecule has 0 atom stereocenters. The molecule has 6 aromatic carbocycles. The topological polar surface area (TPSA) is 53.0 Å². The maximum absolute atomic E-state index is 9.51. The number of fused-ring (bicyclic) bond motifs is 4. The van der Waals surface area contributed by atoms with Crippen molar-refractivity contribution in [2.24, 2.45) is 0 Å². The monoisotopic (exact) mass is 1150 g/mol. The van der Waals surface area contributed by atoms with Crippen molar-refractivity contribution < 1.29 is 30.9 Å². The van der Waals surface area contributed by atoms with E-state index in [-0.39, 0.29) is 53.0 Å². The molecule has 4 heterocycles. The molecule has 73 heavy (non-hydrogen) atoms. The summed E-state index contributed by atoms with van der Waals surface area (Å²) in [7, 11) is 0. The van der Waals surface area contributed by atoms with Crippen LogP contribution in [0, 0.1) is 29.8 Å². The van der Waals surface area contributed by atoms with Crippen LogP contribution in [0.5, 0.6) is 11.5 Å². The molecule has 0 unspecified atom stereocenters. The average molecular weight is 1150 g/mol. The second-order valence-corrected chi connectivity index (χ2v) is 24.6. The van der Waals surface area contributed by atoms with E-state index in [1.165, 1.54) is 5.56 Å². The molecule has 1 aliphatic heterocycles. The second-order valence-electron chi connectivity index (χ2n) is 23.6. The predicted octanol–water partition coefficient (Wildman–Crippen LogP) is 16.4. The van der Waals surface area contributed by atoms with Crippen molar-refractivity contribution in [1.29, 1.82) is 0 Å². The van der Waals surface area contributed by atoms with E-state index < -0.39 is 11.5 Å². The van der Waals surface area contributed by atoms with Gasteiger partial charge in [-0.15, -0.1) is 0 Å². The summed E-state index contributed by atoms with van der Waals surface area (Å²) in [6.45, 7) is 32.5. The summed E-state index contributed by atoms with van der Waals surface area (Å²) in [5.41, 5.74) is 14.1. The van der Waals surface area contributed by atoms with E-state index in [4.69, 9.17) is 18.9 Å². The molecule has 0 bridgehead atoms. The van der Waals surface area contributed by atoms with Crippen LogP contribution in [0.4, 0.5) is 11.5 Å². The quantitative estimate of drug-likeness (QED) is 0.118. The van der Waals surface area contributed by atoms with Crippen molar-refractivity contribution in [2.75, 3.05) is 4.81 Å². The zero-order chi connectivity index (χ0) is 56.5. The Kier molecular flexibility index (Phi) is 11.0. The first-order valence-electron chi connectivity index (χ1n) is 27.6. The number of pyridine rings is 1. The van der Waals surface area contributed by atoms with Gasteiger partial charge in [-0.25, -0.2) is 0 Å². The van der Waals surface area contributed by atoms with Gasteiger partial charge in [-0.3, -0.25) is 0 Å². The molecular formula is C64H67BN6OPt-2. The van der Waals surface area contributed by atoms with Crippen LogP contribution in [0.3, 0.4) is 0 Å². The summed E-state index contributed by atoms with van der Waals surface area (Å²) >= 11 is 2.37. The van der Waals surface area contributed by atoms with E-state index in [0.717, 1.165) is 76.7 Å². The Labute approximate surface area is 451 Å². The van der Waals surface area contributed by atoms with Crippen LogP contribution < -0.4 is 9.55 Å². The van der Waals surface area contributed by atoms with Crippen molar-refractivity contribution in [3.8, 4) is 56.4 Å². The third-order valence-electron chi connectivity index (χ3n) is 14.2. The van der Waals surface area contributed by atoms with E-state index in [0.29, 0.717) is 28.4 Å². The first-order valence-corrected chi connectivity index (χ1v) is 26.3. The fraction of sp³-hybridized carbons (Fsp3) is 0.297. The SMILES string of the molecule is [2H]c1c([2H])c([2H])c(-c2cc(C(C)(C)C)cc(-c3cc(C(C)(C)C)cc(C(C)(C)C)c3)c2-n2[c](=[Pt])n(-c3[c-]c(Oc4[c-]c5c(cc4)-c4c(C)c(C)nn4B(C)N5c4cc(C(C)(C)C)ccn4)ccc3)c3ccccc32)c([2H])c1[2H]. The first-order chi connectivity index (χ1) is 36.4. The summed E-state index contributed by atoms with van der Waals surface area (Å²) in [5, 5.41) is 5.01. The zero-order valence-corrected chi connectivity index (χ0v) is 47.1. The van der Waals surface area contributed by atoms with Crippen LogP contribution in [0.2, 0.25) is 6.82 Å². The van der Waals surface area contributed by atoms with Gasteiger partial charge in [0.2, 0.25) is 0 Å². The Morgan fingerprint density at radius 1 is 0.603 bits per heavy atom. The molecule has 0 radical (unpaired) electrons. The molecule has 0 saturated heterocycles. The Morgan fingerprint density at radius 2 is 1.19 bits per heavy atom. The average Bonchev–Trinajstić information content (AvgIpc) is 4.01. The molecule has 7 nitrogen and oxygen atoms in total. The van der Waals surface area contributed by atoms with Crippen molar-refractivity contribution in [3.05, 3.63) is 183 Å². The number of imidazole rings is 1. The van der Waals surface area contributed by atoms with E-state index in [1.54, 1.807) is 0 Å². The number of aryl methyl sites for hydroxylation is 1. The Hall–Kier alpha value is -6.50. The minimum atomic E-state index is -0.438. The molecule has 0 spiro atoms.